The summed E-state index contributed by atoms with van der Waals surface area (Å²) in [5.74, 6) is -0.182. The van der Waals surface area contributed by atoms with Gasteiger partial charge in [0.2, 0.25) is 11.8 Å². The Morgan fingerprint density at radius 2 is 2.00 bits per heavy atom. The van der Waals surface area contributed by atoms with E-state index in [1.807, 2.05) is 27.7 Å². The molecule has 0 aromatic carbocycles. The Bertz CT molecular complexity index is 359. The van der Waals surface area contributed by atoms with Crippen molar-refractivity contribution < 1.29 is 14.3 Å². The largest absolute Gasteiger partial charge is 0.377 e. The predicted octanol–water partition coefficient (Wildman–Crippen LogP) is 0.504. The molecule has 6 nitrogen and oxygen atoms in total. The molecular weight excluding hydrogens is 270 g/mol. The molecule has 1 unspecified atom stereocenters. The second kappa shape index (κ2) is 7.75. The average Bonchev–Trinajstić information content (AvgIpc) is 2.48. The Balaban J connectivity index is 2.95. The van der Waals surface area contributed by atoms with Crippen LogP contribution in [-0.2, 0) is 14.3 Å². The second-order valence-corrected chi connectivity index (χ2v) is 5.94. The van der Waals surface area contributed by atoms with E-state index in [4.69, 9.17) is 10.5 Å². The third-order valence-electron chi connectivity index (χ3n) is 4.32. The van der Waals surface area contributed by atoms with Crippen LogP contribution in [0.5, 0.6) is 0 Å². The van der Waals surface area contributed by atoms with Crippen molar-refractivity contribution in [2.75, 3.05) is 26.3 Å². The molecule has 1 heterocycles. The zero-order chi connectivity index (χ0) is 16.0. The highest BCUT2D eigenvalue weighted by Crippen LogP contribution is 2.29. The van der Waals surface area contributed by atoms with E-state index in [1.165, 1.54) is 0 Å². The molecule has 1 fully saturated rings. The minimum absolute atomic E-state index is 0.0257. The van der Waals surface area contributed by atoms with Gasteiger partial charge in [-0.25, -0.2) is 0 Å². The van der Waals surface area contributed by atoms with E-state index in [2.05, 4.69) is 5.32 Å². The van der Waals surface area contributed by atoms with Crippen molar-refractivity contribution in [1.82, 2.24) is 10.2 Å². The lowest BCUT2D eigenvalue weighted by Crippen LogP contribution is -2.60. The van der Waals surface area contributed by atoms with Crippen LogP contribution in [0.25, 0.3) is 0 Å². The molecule has 21 heavy (non-hydrogen) atoms. The van der Waals surface area contributed by atoms with Crippen LogP contribution < -0.4 is 11.1 Å². The van der Waals surface area contributed by atoms with Gasteiger partial charge in [-0.3, -0.25) is 9.59 Å². The van der Waals surface area contributed by atoms with Crippen LogP contribution in [0.3, 0.4) is 0 Å². The van der Waals surface area contributed by atoms with E-state index in [1.54, 1.807) is 4.90 Å². The van der Waals surface area contributed by atoms with E-state index in [9.17, 15) is 9.59 Å². The van der Waals surface area contributed by atoms with Gasteiger partial charge in [-0.2, -0.15) is 0 Å². The van der Waals surface area contributed by atoms with Crippen LogP contribution in [0.1, 0.15) is 40.5 Å². The lowest BCUT2D eigenvalue weighted by molar-refractivity contribution is -0.156. The number of nitrogens with zero attached hydrogens (tertiary/aromatic N) is 1. The summed E-state index contributed by atoms with van der Waals surface area (Å²) in [5.41, 5.74) is 5.28. The third kappa shape index (κ3) is 3.95. The van der Waals surface area contributed by atoms with Gasteiger partial charge in [-0.05, 0) is 26.7 Å². The van der Waals surface area contributed by atoms with Crippen molar-refractivity contribution in [3.8, 4) is 0 Å². The summed E-state index contributed by atoms with van der Waals surface area (Å²) in [4.78, 5) is 26.9. The summed E-state index contributed by atoms with van der Waals surface area (Å²) in [6.45, 7) is 9.19. The molecule has 1 saturated heterocycles. The molecule has 0 aliphatic carbocycles. The molecule has 2 amide bonds. The van der Waals surface area contributed by atoms with E-state index >= 15 is 0 Å². The number of nitrogens with one attached hydrogen (secondary N) is 1. The van der Waals surface area contributed by atoms with E-state index in [0.29, 0.717) is 32.5 Å². The van der Waals surface area contributed by atoms with Crippen molar-refractivity contribution in [2.24, 2.45) is 11.1 Å². The van der Waals surface area contributed by atoms with Crippen LogP contribution in [-0.4, -0.2) is 55.1 Å². The second-order valence-electron chi connectivity index (χ2n) is 5.94. The molecule has 122 valence electrons. The molecule has 1 rings (SSSR count). The monoisotopic (exact) mass is 299 g/mol. The first-order chi connectivity index (χ1) is 9.91. The summed E-state index contributed by atoms with van der Waals surface area (Å²) < 4.78 is 5.39. The number of ether oxygens (including phenoxy) is 1. The normalized spacial score (nSPS) is 19.7. The van der Waals surface area contributed by atoms with Crippen LogP contribution in [0.4, 0.5) is 0 Å². The predicted molar refractivity (Wildman–Crippen MR) is 81.7 cm³/mol. The van der Waals surface area contributed by atoms with Crippen molar-refractivity contribution in [3.05, 3.63) is 0 Å². The van der Waals surface area contributed by atoms with Crippen molar-refractivity contribution >= 4 is 11.8 Å². The summed E-state index contributed by atoms with van der Waals surface area (Å²) in [5, 5.41) is 2.86. The quantitative estimate of drug-likeness (QED) is 0.748. The van der Waals surface area contributed by atoms with Crippen molar-refractivity contribution in [1.29, 1.82) is 0 Å². The van der Waals surface area contributed by atoms with Gasteiger partial charge in [0.15, 0.2) is 0 Å². The fourth-order valence-corrected chi connectivity index (χ4v) is 2.68. The van der Waals surface area contributed by atoms with Gasteiger partial charge in [0.05, 0.1) is 18.6 Å². The minimum atomic E-state index is -0.576. The number of amides is 2. The smallest absolute Gasteiger partial charge is 0.245 e. The number of hydrogen-bond acceptors (Lipinski definition) is 4. The summed E-state index contributed by atoms with van der Waals surface area (Å²) >= 11 is 0. The number of hydrogen-bond donors (Lipinski definition) is 2. The molecule has 0 saturated carbocycles. The average molecular weight is 299 g/mol. The zero-order valence-electron chi connectivity index (χ0n) is 13.6. The first kappa shape index (κ1) is 17.9. The SMILES string of the molecule is CCC(CC)(CN)C(=O)N1CCOCC1C(=O)NC(C)C. The fraction of sp³-hybridized carbons (Fsp3) is 0.867. The fourth-order valence-electron chi connectivity index (χ4n) is 2.68. The summed E-state index contributed by atoms with van der Waals surface area (Å²) in [7, 11) is 0. The van der Waals surface area contributed by atoms with Crippen molar-refractivity contribution in [3.63, 3.8) is 0 Å². The molecule has 0 aromatic rings. The van der Waals surface area contributed by atoms with E-state index in [-0.39, 0.29) is 24.5 Å². The number of rotatable bonds is 6. The Morgan fingerprint density at radius 3 is 2.48 bits per heavy atom. The zero-order valence-corrected chi connectivity index (χ0v) is 13.6. The van der Waals surface area contributed by atoms with Gasteiger partial charge in [0, 0.05) is 19.1 Å². The van der Waals surface area contributed by atoms with Crippen LogP contribution in [0, 0.1) is 5.41 Å². The third-order valence-corrected chi connectivity index (χ3v) is 4.32. The topological polar surface area (TPSA) is 84.7 Å². The van der Waals surface area contributed by atoms with Crippen LogP contribution >= 0.6 is 0 Å². The van der Waals surface area contributed by atoms with Gasteiger partial charge in [0.25, 0.3) is 0 Å². The minimum Gasteiger partial charge on any atom is -0.377 e. The van der Waals surface area contributed by atoms with Gasteiger partial charge in [-0.15, -0.1) is 0 Å². The molecule has 0 radical (unpaired) electrons. The molecule has 0 aromatic heterocycles. The lowest BCUT2D eigenvalue weighted by Gasteiger charge is -2.41. The Hall–Kier alpha value is -1.14. The number of morpholine rings is 1. The van der Waals surface area contributed by atoms with Crippen LogP contribution in [0.2, 0.25) is 0 Å². The van der Waals surface area contributed by atoms with Gasteiger partial charge in [0.1, 0.15) is 6.04 Å². The first-order valence-electron chi connectivity index (χ1n) is 7.81. The maximum absolute atomic E-state index is 12.9. The maximum atomic E-state index is 12.9. The molecule has 6 heteroatoms. The van der Waals surface area contributed by atoms with Gasteiger partial charge < -0.3 is 20.7 Å². The Morgan fingerprint density at radius 1 is 1.38 bits per heavy atom. The standard InChI is InChI=1S/C15H29N3O3/c1-5-15(6-2,10-16)14(20)18-7-8-21-9-12(18)13(19)17-11(3)4/h11-12H,5-10,16H2,1-4H3,(H,17,19). The maximum Gasteiger partial charge on any atom is 0.245 e. The van der Waals surface area contributed by atoms with Crippen LogP contribution in [0.15, 0.2) is 0 Å². The van der Waals surface area contributed by atoms with Crippen molar-refractivity contribution in [2.45, 2.75) is 52.6 Å². The summed E-state index contributed by atoms with van der Waals surface area (Å²) in [6.07, 6.45) is 1.35. The van der Waals surface area contributed by atoms with Gasteiger partial charge in [-0.1, -0.05) is 13.8 Å². The molecule has 0 bridgehead atoms. The number of carbonyl (C=O) groups excluding carboxylic acids is 2. The molecule has 1 atom stereocenters. The van der Waals surface area contributed by atoms with Gasteiger partial charge >= 0.3 is 0 Å². The highest BCUT2D eigenvalue weighted by atomic mass is 16.5. The number of nitrogens with two attached hydrogens (primary N) is 1. The first-order valence-corrected chi connectivity index (χ1v) is 7.81. The molecule has 0 spiro atoms. The van der Waals surface area contributed by atoms with E-state index < -0.39 is 11.5 Å². The molecule has 1 aliphatic rings. The molecule has 1 aliphatic heterocycles. The number of carbonyl (C=O) groups is 2. The Labute approximate surface area is 127 Å². The lowest BCUT2D eigenvalue weighted by atomic mass is 9.80. The highest BCUT2D eigenvalue weighted by molar-refractivity contribution is 5.90. The molecule has 3 N–H and O–H groups in total. The molecular formula is C15H29N3O3. The Kier molecular flexibility index (Phi) is 6.61. The highest BCUT2D eigenvalue weighted by Gasteiger charge is 2.42. The van der Waals surface area contributed by atoms with E-state index in [0.717, 1.165) is 0 Å². The summed E-state index contributed by atoms with van der Waals surface area (Å²) in [6, 6.07) is -0.523.